The van der Waals surface area contributed by atoms with Gasteiger partial charge < -0.3 is 19.0 Å². The Labute approximate surface area is 122 Å². The number of ether oxygens (including phenoxy) is 2. The van der Waals surface area contributed by atoms with Gasteiger partial charge in [-0.2, -0.15) is 11.8 Å². The second-order valence-corrected chi connectivity index (χ2v) is 5.97. The lowest BCUT2D eigenvalue weighted by Gasteiger charge is -2.12. The van der Waals surface area contributed by atoms with Crippen LogP contribution in [0.2, 0.25) is 0 Å². The molecule has 19 heavy (non-hydrogen) atoms. The lowest BCUT2D eigenvalue weighted by molar-refractivity contribution is 0.355. The second-order valence-electron chi connectivity index (χ2n) is 4.31. The van der Waals surface area contributed by atoms with Crippen LogP contribution in [0.25, 0.3) is 11.0 Å². The molecule has 2 rings (SSSR count). The first-order chi connectivity index (χ1) is 9.10. The van der Waals surface area contributed by atoms with Crippen LogP contribution < -0.4 is 9.47 Å². The molecule has 0 aliphatic carbocycles. The maximum atomic E-state index is 5.39. The fourth-order valence-electron chi connectivity index (χ4n) is 2.00. The van der Waals surface area contributed by atoms with E-state index in [1.54, 1.807) is 14.2 Å². The Kier molecular flexibility index (Phi) is 4.42. The van der Waals surface area contributed by atoms with E-state index in [2.05, 4.69) is 22.7 Å². The maximum absolute atomic E-state index is 5.39. The second kappa shape index (κ2) is 5.88. The van der Waals surface area contributed by atoms with Gasteiger partial charge in [-0.05, 0) is 18.5 Å². The van der Waals surface area contributed by atoms with E-state index in [0.29, 0.717) is 11.0 Å². The Balaban J connectivity index is 2.59. The molecule has 0 fully saturated rings. The van der Waals surface area contributed by atoms with Crippen LogP contribution in [0.1, 0.15) is 6.92 Å². The summed E-state index contributed by atoms with van der Waals surface area (Å²) in [7, 11) is 3.27. The largest absolute Gasteiger partial charge is 0.493 e. The van der Waals surface area contributed by atoms with Crippen LogP contribution in [-0.4, -0.2) is 35.3 Å². The van der Waals surface area contributed by atoms with E-state index in [-0.39, 0.29) is 0 Å². The fourth-order valence-corrected chi connectivity index (χ4v) is 2.58. The average Bonchev–Trinajstić information content (AvgIpc) is 2.72. The molecule has 0 aliphatic rings. The first-order valence-electron chi connectivity index (χ1n) is 5.98. The highest BCUT2D eigenvalue weighted by Crippen LogP contribution is 2.32. The molecule has 6 heteroatoms. The van der Waals surface area contributed by atoms with Gasteiger partial charge in [0.15, 0.2) is 16.3 Å². The number of nitrogens with one attached hydrogen (secondary N) is 1. The van der Waals surface area contributed by atoms with E-state index in [0.717, 1.165) is 28.1 Å². The van der Waals surface area contributed by atoms with Gasteiger partial charge in [-0.15, -0.1) is 0 Å². The normalized spacial score (nSPS) is 12.6. The highest BCUT2D eigenvalue weighted by molar-refractivity contribution is 7.99. The molecular formula is C13H18N2O2S2. The first-order valence-corrected chi connectivity index (χ1v) is 7.67. The van der Waals surface area contributed by atoms with Gasteiger partial charge in [0.2, 0.25) is 0 Å². The quantitative estimate of drug-likeness (QED) is 0.858. The van der Waals surface area contributed by atoms with Gasteiger partial charge in [0.25, 0.3) is 0 Å². The molecule has 0 aliphatic heterocycles. The lowest BCUT2D eigenvalue weighted by Crippen LogP contribution is -2.08. The van der Waals surface area contributed by atoms with E-state index in [9.17, 15) is 0 Å². The molecule has 1 unspecified atom stereocenters. The summed E-state index contributed by atoms with van der Waals surface area (Å²) in [5.74, 6) is 1.42. The third-order valence-electron chi connectivity index (χ3n) is 3.12. The van der Waals surface area contributed by atoms with Gasteiger partial charge in [-0.1, -0.05) is 6.92 Å². The summed E-state index contributed by atoms with van der Waals surface area (Å²) in [5, 5.41) is 0.499. The van der Waals surface area contributed by atoms with Crippen molar-refractivity contribution < 1.29 is 9.47 Å². The number of benzene rings is 1. The van der Waals surface area contributed by atoms with E-state index >= 15 is 0 Å². The minimum Gasteiger partial charge on any atom is -0.493 e. The highest BCUT2D eigenvalue weighted by atomic mass is 32.2. The number of aromatic nitrogens is 2. The third kappa shape index (κ3) is 2.74. The number of nitrogens with zero attached hydrogens (tertiary/aromatic N) is 1. The van der Waals surface area contributed by atoms with Crippen LogP contribution in [-0.2, 0) is 6.54 Å². The first kappa shape index (κ1) is 14.3. The van der Waals surface area contributed by atoms with Crippen LogP contribution in [0, 0.1) is 4.77 Å². The summed E-state index contributed by atoms with van der Waals surface area (Å²) in [6, 6.07) is 3.89. The molecule has 104 valence electrons. The number of hydrogen-bond donors (Lipinski definition) is 1. The smallest absolute Gasteiger partial charge is 0.178 e. The predicted octanol–water partition coefficient (Wildman–Crippen LogP) is 3.47. The summed E-state index contributed by atoms with van der Waals surface area (Å²) in [6.07, 6.45) is 2.10. The topological polar surface area (TPSA) is 39.2 Å². The molecule has 1 atom stereocenters. The van der Waals surface area contributed by atoms with Gasteiger partial charge >= 0.3 is 0 Å². The third-order valence-corrected chi connectivity index (χ3v) is 4.40. The Morgan fingerprint density at radius 2 is 1.95 bits per heavy atom. The van der Waals surface area contributed by atoms with E-state index in [1.165, 1.54) is 0 Å². The molecule has 0 saturated carbocycles. The maximum Gasteiger partial charge on any atom is 0.178 e. The van der Waals surface area contributed by atoms with E-state index in [4.69, 9.17) is 21.7 Å². The van der Waals surface area contributed by atoms with Crippen molar-refractivity contribution in [2.75, 3.05) is 20.5 Å². The van der Waals surface area contributed by atoms with Gasteiger partial charge in [0, 0.05) is 23.9 Å². The number of aromatic amines is 1. The molecule has 1 N–H and O–H groups in total. The SMILES string of the molecule is COc1cc2[nH]c(=S)n(CC(C)SC)c2cc1OC. The number of rotatable bonds is 5. The number of hydrogen-bond acceptors (Lipinski definition) is 4. The van der Waals surface area contributed by atoms with Crippen molar-refractivity contribution in [1.82, 2.24) is 9.55 Å². The predicted molar refractivity (Wildman–Crippen MR) is 83.2 cm³/mol. The molecule has 0 spiro atoms. The van der Waals surface area contributed by atoms with Gasteiger partial charge in [-0.3, -0.25) is 0 Å². The number of methoxy groups -OCH3 is 2. The molecule has 1 aromatic heterocycles. The Morgan fingerprint density at radius 3 is 2.53 bits per heavy atom. The van der Waals surface area contributed by atoms with Crippen LogP contribution in [0.5, 0.6) is 11.5 Å². The Bertz CT molecular complexity index is 633. The van der Waals surface area contributed by atoms with Gasteiger partial charge in [0.05, 0.1) is 25.3 Å². The van der Waals surface area contributed by atoms with Crippen molar-refractivity contribution in [1.29, 1.82) is 0 Å². The summed E-state index contributed by atoms with van der Waals surface area (Å²) < 4.78 is 13.5. The minimum absolute atomic E-state index is 0.499. The van der Waals surface area contributed by atoms with E-state index < -0.39 is 0 Å². The van der Waals surface area contributed by atoms with Crippen molar-refractivity contribution >= 4 is 35.0 Å². The number of thioether (sulfide) groups is 1. The summed E-state index contributed by atoms with van der Waals surface area (Å²) in [4.78, 5) is 3.22. The summed E-state index contributed by atoms with van der Waals surface area (Å²) >= 11 is 7.22. The molecule has 0 bridgehead atoms. The molecule has 1 aromatic carbocycles. The summed E-state index contributed by atoms with van der Waals surface area (Å²) in [5.41, 5.74) is 2.01. The number of fused-ring (bicyclic) bond motifs is 1. The van der Waals surface area contributed by atoms with Crippen LogP contribution >= 0.6 is 24.0 Å². The van der Waals surface area contributed by atoms with Crippen LogP contribution in [0.3, 0.4) is 0 Å². The number of imidazole rings is 1. The average molecular weight is 298 g/mol. The zero-order chi connectivity index (χ0) is 14.0. The van der Waals surface area contributed by atoms with Crippen LogP contribution in [0.15, 0.2) is 12.1 Å². The minimum atomic E-state index is 0.499. The standard InChI is InChI=1S/C13H18N2O2S2/c1-8(19-4)7-15-10-6-12(17-3)11(16-2)5-9(10)14-13(15)18/h5-6,8H,7H2,1-4H3,(H,14,18). The van der Waals surface area contributed by atoms with Crippen molar-refractivity contribution in [2.24, 2.45) is 0 Å². The zero-order valence-electron chi connectivity index (χ0n) is 11.5. The molecule has 2 aromatic rings. The molecular weight excluding hydrogens is 280 g/mol. The van der Waals surface area contributed by atoms with Crippen LogP contribution in [0.4, 0.5) is 0 Å². The Hall–Kier alpha value is -1.14. The van der Waals surface area contributed by atoms with Crippen molar-refractivity contribution in [2.45, 2.75) is 18.7 Å². The van der Waals surface area contributed by atoms with Crippen molar-refractivity contribution in [3.05, 3.63) is 16.9 Å². The van der Waals surface area contributed by atoms with Crippen molar-refractivity contribution in [3.8, 4) is 11.5 Å². The highest BCUT2D eigenvalue weighted by Gasteiger charge is 2.12. The van der Waals surface area contributed by atoms with Gasteiger partial charge in [-0.25, -0.2) is 0 Å². The molecule has 0 radical (unpaired) electrons. The van der Waals surface area contributed by atoms with Gasteiger partial charge in [0.1, 0.15) is 0 Å². The van der Waals surface area contributed by atoms with Crippen molar-refractivity contribution in [3.63, 3.8) is 0 Å². The summed E-state index contributed by atoms with van der Waals surface area (Å²) in [6.45, 7) is 3.06. The monoisotopic (exact) mass is 298 g/mol. The molecule has 0 amide bonds. The molecule has 4 nitrogen and oxygen atoms in total. The zero-order valence-corrected chi connectivity index (χ0v) is 13.2. The number of H-pyrrole nitrogens is 1. The Morgan fingerprint density at radius 1 is 1.32 bits per heavy atom. The molecule has 0 saturated heterocycles. The van der Waals surface area contributed by atoms with E-state index in [1.807, 2.05) is 23.9 Å². The molecule has 1 heterocycles. The fraction of sp³-hybridized carbons (Fsp3) is 0.462. The lowest BCUT2D eigenvalue weighted by atomic mass is 10.2.